The summed E-state index contributed by atoms with van der Waals surface area (Å²) in [7, 11) is 1.53. The molecular formula is C22H27FN6O2. The van der Waals surface area contributed by atoms with Gasteiger partial charge in [-0.2, -0.15) is 5.10 Å². The van der Waals surface area contributed by atoms with E-state index in [0.717, 1.165) is 46.9 Å². The van der Waals surface area contributed by atoms with Crippen molar-refractivity contribution >= 4 is 22.8 Å². The molecule has 164 valence electrons. The van der Waals surface area contributed by atoms with Crippen LogP contribution in [0.25, 0.3) is 16.7 Å². The van der Waals surface area contributed by atoms with Crippen molar-refractivity contribution < 1.29 is 13.9 Å². The van der Waals surface area contributed by atoms with Crippen LogP contribution in [0.15, 0.2) is 24.3 Å². The number of piperazine rings is 1. The number of carbonyl (C=O) groups is 1. The van der Waals surface area contributed by atoms with E-state index in [2.05, 4.69) is 11.8 Å². The highest BCUT2D eigenvalue weighted by Crippen LogP contribution is 2.30. The van der Waals surface area contributed by atoms with Crippen molar-refractivity contribution in [2.75, 3.05) is 44.8 Å². The molecule has 4 rings (SSSR count). The van der Waals surface area contributed by atoms with E-state index < -0.39 is 0 Å². The van der Waals surface area contributed by atoms with Crippen molar-refractivity contribution in [3.63, 3.8) is 0 Å². The number of benzene rings is 1. The number of hydrogen-bond donors (Lipinski definition) is 0. The first-order chi connectivity index (χ1) is 15.0. The van der Waals surface area contributed by atoms with E-state index in [-0.39, 0.29) is 18.3 Å². The normalized spacial score (nSPS) is 14.5. The minimum Gasteiger partial charge on any atom is -0.375 e. The molecule has 3 aromatic rings. The lowest BCUT2D eigenvalue weighted by Gasteiger charge is -2.35. The van der Waals surface area contributed by atoms with Crippen LogP contribution in [-0.2, 0) is 16.0 Å². The molecule has 31 heavy (non-hydrogen) atoms. The van der Waals surface area contributed by atoms with Gasteiger partial charge in [0.2, 0.25) is 5.91 Å². The maximum atomic E-state index is 13.4. The number of anilines is 1. The summed E-state index contributed by atoms with van der Waals surface area (Å²) in [6.07, 6.45) is 1.68. The molecule has 2 aromatic heterocycles. The molecule has 0 bridgehead atoms. The number of ether oxygens (including phenoxy) is 1. The fourth-order valence-corrected chi connectivity index (χ4v) is 3.91. The molecule has 0 unspecified atom stereocenters. The summed E-state index contributed by atoms with van der Waals surface area (Å²) in [5.41, 5.74) is 2.28. The molecule has 1 saturated heterocycles. The first-order valence-electron chi connectivity index (χ1n) is 10.6. The molecule has 1 amide bonds. The van der Waals surface area contributed by atoms with Crippen LogP contribution in [0.2, 0.25) is 0 Å². The second-order valence-electron chi connectivity index (χ2n) is 7.69. The largest absolute Gasteiger partial charge is 0.375 e. The zero-order chi connectivity index (χ0) is 22.0. The molecule has 8 nitrogen and oxygen atoms in total. The van der Waals surface area contributed by atoms with Gasteiger partial charge < -0.3 is 14.5 Å². The van der Waals surface area contributed by atoms with Crippen molar-refractivity contribution in [2.24, 2.45) is 0 Å². The average molecular weight is 426 g/mol. The molecule has 3 heterocycles. The second kappa shape index (κ2) is 8.97. The first kappa shape index (κ1) is 21.2. The third-order valence-corrected chi connectivity index (χ3v) is 5.47. The highest BCUT2D eigenvalue weighted by molar-refractivity contribution is 5.91. The van der Waals surface area contributed by atoms with Gasteiger partial charge in [-0.25, -0.2) is 19.0 Å². The Kier molecular flexibility index (Phi) is 6.13. The maximum Gasteiger partial charge on any atom is 0.248 e. The number of halogens is 1. The Morgan fingerprint density at radius 2 is 1.84 bits per heavy atom. The second-order valence-corrected chi connectivity index (χ2v) is 7.69. The fourth-order valence-electron chi connectivity index (χ4n) is 3.91. The number of rotatable bonds is 6. The van der Waals surface area contributed by atoms with Gasteiger partial charge >= 0.3 is 0 Å². The summed E-state index contributed by atoms with van der Waals surface area (Å²) in [5.74, 6) is 1.31. The van der Waals surface area contributed by atoms with Crippen LogP contribution in [0.4, 0.5) is 10.2 Å². The van der Waals surface area contributed by atoms with Gasteiger partial charge in [-0.3, -0.25) is 4.79 Å². The van der Waals surface area contributed by atoms with Crippen LogP contribution < -0.4 is 4.90 Å². The number of methoxy groups -OCH3 is 1. The summed E-state index contributed by atoms with van der Waals surface area (Å²) in [4.78, 5) is 25.8. The van der Waals surface area contributed by atoms with Gasteiger partial charge in [0.1, 0.15) is 24.1 Å². The fraction of sp³-hybridized carbons (Fsp3) is 0.455. The van der Waals surface area contributed by atoms with Gasteiger partial charge in [-0.15, -0.1) is 0 Å². The minimum absolute atomic E-state index is 0.00182. The lowest BCUT2D eigenvalue weighted by molar-refractivity contribution is -0.135. The minimum atomic E-state index is -0.292. The number of carbonyl (C=O) groups excluding carboxylic acids is 1. The average Bonchev–Trinajstić information content (AvgIpc) is 3.11. The molecule has 0 N–H and O–H groups in total. The quantitative estimate of drug-likeness (QED) is 0.603. The van der Waals surface area contributed by atoms with Gasteiger partial charge in [-0.05, 0) is 37.6 Å². The number of hydrogen-bond acceptors (Lipinski definition) is 6. The van der Waals surface area contributed by atoms with E-state index in [1.54, 1.807) is 16.8 Å². The molecule has 1 fully saturated rings. The van der Waals surface area contributed by atoms with Crippen molar-refractivity contribution in [1.29, 1.82) is 0 Å². The topological polar surface area (TPSA) is 76.4 Å². The molecule has 9 heteroatoms. The molecule has 0 atom stereocenters. The number of nitrogens with zero attached hydrogens (tertiary/aromatic N) is 6. The summed E-state index contributed by atoms with van der Waals surface area (Å²) < 4.78 is 20.2. The zero-order valence-corrected chi connectivity index (χ0v) is 18.1. The van der Waals surface area contributed by atoms with Crippen molar-refractivity contribution in [1.82, 2.24) is 24.6 Å². The highest BCUT2D eigenvalue weighted by Gasteiger charge is 2.26. The van der Waals surface area contributed by atoms with Gasteiger partial charge in [0, 0.05) is 39.7 Å². The zero-order valence-electron chi connectivity index (χ0n) is 18.1. The van der Waals surface area contributed by atoms with E-state index in [4.69, 9.17) is 19.8 Å². The van der Waals surface area contributed by atoms with Crippen LogP contribution >= 0.6 is 0 Å². The predicted octanol–water partition coefficient (Wildman–Crippen LogP) is 2.51. The molecule has 0 radical (unpaired) electrons. The Labute approximate surface area is 180 Å². The number of amides is 1. The van der Waals surface area contributed by atoms with Gasteiger partial charge in [0.05, 0.1) is 16.8 Å². The SMILES string of the molecule is CCCc1nc(N2CCN(C(=O)COC)CC2)c2c(C)nn(-c3ccc(F)cc3)c2n1. The van der Waals surface area contributed by atoms with Crippen molar-refractivity contribution in [3.05, 3.63) is 41.6 Å². The molecule has 0 aliphatic carbocycles. The molecule has 0 spiro atoms. The standard InChI is InChI=1S/C22H27FN6O2/c1-4-5-18-24-21(28-12-10-27(11-13-28)19(30)14-31-3)20-15(2)26-29(22(20)25-18)17-8-6-16(23)7-9-17/h6-9H,4-5,10-14H2,1-3H3. The Bertz CT molecular complexity index is 1070. The van der Waals surface area contributed by atoms with Crippen molar-refractivity contribution in [2.45, 2.75) is 26.7 Å². The molecular weight excluding hydrogens is 399 g/mol. The van der Waals surface area contributed by atoms with Crippen LogP contribution in [-0.4, -0.2) is 70.5 Å². The lowest BCUT2D eigenvalue weighted by Crippen LogP contribution is -2.50. The van der Waals surface area contributed by atoms with Crippen LogP contribution in [0.5, 0.6) is 0 Å². The van der Waals surface area contributed by atoms with E-state index in [9.17, 15) is 9.18 Å². The maximum absolute atomic E-state index is 13.4. The predicted molar refractivity (Wildman–Crippen MR) is 116 cm³/mol. The van der Waals surface area contributed by atoms with E-state index in [1.165, 1.54) is 19.2 Å². The van der Waals surface area contributed by atoms with E-state index >= 15 is 0 Å². The third-order valence-electron chi connectivity index (χ3n) is 5.47. The molecule has 1 aliphatic rings. The van der Waals surface area contributed by atoms with Crippen molar-refractivity contribution in [3.8, 4) is 5.69 Å². The Hall–Kier alpha value is -3.07. The van der Waals surface area contributed by atoms with Crippen LogP contribution in [0.3, 0.4) is 0 Å². The van der Waals surface area contributed by atoms with Gasteiger partial charge in [0.25, 0.3) is 0 Å². The Balaban J connectivity index is 1.73. The highest BCUT2D eigenvalue weighted by atomic mass is 19.1. The lowest BCUT2D eigenvalue weighted by atomic mass is 10.2. The Morgan fingerprint density at radius 3 is 2.48 bits per heavy atom. The van der Waals surface area contributed by atoms with Crippen LogP contribution in [0, 0.1) is 12.7 Å². The molecule has 1 aromatic carbocycles. The molecule has 1 aliphatic heterocycles. The first-order valence-corrected chi connectivity index (χ1v) is 10.6. The van der Waals surface area contributed by atoms with E-state index in [1.807, 2.05) is 11.8 Å². The summed E-state index contributed by atoms with van der Waals surface area (Å²) in [6.45, 7) is 6.71. The van der Waals surface area contributed by atoms with Crippen LogP contribution in [0.1, 0.15) is 24.9 Å². The van der Waals surface area contributed by atoms with Gasteiger partial charge in [-0.1, -0.05) is 6.92 Å². The number of aromatic nitrogens is 4. The molecule has 0 saturated carbocycles. The monoisotopic (exact) mass is 426 g/mol. The number of aryl methyl sites for hydroxylation is 2. The van der Waals surface area contributed by atoms with E-state index in [0.29, 0.717) is 26.2 Å². The summed E-state index contributed by atoms with van der Waals surface area (Å²) in [6, 6.07) is 6.23. The number of fused-ring (bicyclic) bond motifs is 1. The Morgan fingerprint density at radius 1 is 1.13 bits per heavy atom. The van der Waals surface area contributed by atoms with Gasteiger partial charge in [0.15, 0.2) is 5.65 Å². The summed E-state index contributed by atoms with van der Waals surface area (Å²) in [5, 5.41) is 5.59. The smallest absolute Gasteiger partial charge is 0.248 e. The summed E-state index contributed by atoms with van der Waals surface area (Å²) >= 11 is 0. The third kappa shape index (κ3) is 4.23.